The lowest BCUT2D eigenvalue weighted by molar-refractivity contribution is 0.415. The van der Waals surface area contributed by atoms with Crippen molar-refractivity contribution in [3.63, 3.8) is 0 Å². The second-order valence-electron chi connectivity index (χ2n) is 3.48. The number of benzene rings is 1. The molecule has 0 aliphatic heterocycles. The lowest BCUT2D eigenvalue weighted by atomic mass is 10.3. The van der Waals surface area contributed by atoms with Gasteiger partial charge in [-0.05, 0) is 26.0 Å². The number of hydrogen-bond acceptors (Lipinski definition) is 2. The van der Waals surface area contributed by atoms with Gasteiger partial charge >= 0.3 is 6.01 Å². The molecule has 1 aromatic carbocycles. The molecule has 1 heterocycles. The molecular weight excluding hydrogens is 224 g/mol. The number of rotatable bonds is 3. The smallest absolute Gasteiger partial charge is 0.302 e. The molecule has 0 amide bonds. The van der Waals surface area contributed by atoms with Crippen LogP contribution in [0.15, 0.2) is 30.5 Å². The Morgan fingerprint density at radius 2 is 2.12 bits per heavy atom. The molecular formula is C12H13ClN2O. The average molecular weight is 237 g/mol. The van der Waals surface area contributed by atoms with Crippen LogP contribution >= 0.6 is 11.6 Å². The number of halogens is 1. The van der Waals surface area contributed by atoms with Crippen LogP contribution in [-0.4, -0.2) is 9.55 Å². The Labute approximate surface area is 99.6 Å². The molecule has 0 bridgehead atoms. The lowest BCUT2D eigenvalue weighted by Crippen LogP contribution is -1.97. The molecule has 3 nitrogen and oxygen atoms in total. The zero-order valence-electron chi connectivity index (χ0n) is 9.27. The summed E-state index contributed by atoms with van der Waals surface area (Å²) in [5.74, 6) is 0.629. The van der Waals surface area contributed by atoms with Gasteiger partial charge in [-0.3, -0.25) is 0 Å². The van der Waals surface area contributed by atoms with Gasteiger partial charge in [-0.25, -0.2) is 4.98 Å². The second-order valence-corrected chi connectivity index (χ2v) is 3.89. The van der Waals surface area contributed by atoms with E-state index in [0.717, 1.165) is 12.2 Å². The van der Waals surface area contributed by atoms with Gasteiger partial charge in [-0.15, -0.1) is 0 Å². The van der Waals surface area contributed by atoms with Crippen LogP contribution in [-0.2, 0) is 6.54 Å². The van der Waals surface area contributed by atoms with Gasteiger partial charge in [0.15, 0.2) is 0 Å². The minimum absolute atomic E-state index is 0.577. The first-order valence-electron chi connectivity index (χ1n) is 5.17. The number of nitrogens with zero attached hydrogens (tertiary/aromatic N) is 2. The molecule has 0 N–H and O–H groups in total. The molecule has 2 rings (SSSR count). The van der Waals surface area contributed by atoms with E-state index in [1.54, 1.807) is 6.07 Å². The van der Waals surface area contributed by atoms with E-state index in [0.29, 0.717) is 16.8 Å². The van der Waals surface area contributed by atoms with E-state index in [1.165, 1.54) is 0 Å². The lowest BCUT2D eigenvalue weighted by Gasteiger charge is -2.07. The Morgan fingerprint density at radius 1 is 1.38 bits per heavy atom. The molecule has 2 aromatic rings. The summed E-state index contributed by atoms with van der Waals surface area (Å²) in [7, 11) is 0. The first-order valence-corrected chi connectivity index (χ1v) is 5.54. The predicted octanol–water partition coefficient (Wildman–Crippen LogP) is 3.66. The van der Waals surface area contributed by atoms with Gasteiger partial charge in [-0.2, -0.15) is 0 Å². The summed E-state index contributed by atoms with van der Waals surface area (Å²) in [5.41, 5.74) is 0.934. The summed E-state index contributed by atoms with van der Waals surface area (Å²) < 4.78 is 7.62. The van der Waals surface area contributed by atoms with Crippen molar-refractivity contribution in [1.29, 1.82) is 0 Å². The summed E-state index contributed by atoms with van der Waals surface area (Å²) in [6, 6.07) is 7.95. The van der Waals surface area contributed by atoms with Gasteiger partial charge in [0.1, 0.15) is 5.75 Å². The van der Waals surface area contributed by atoms with Crippen LogP contribution < -0.4 is 4.74 Å². The first-order chi connectivity index (χ1) is 7.70. The normalized spacial score (nSPS) is 10.4. The maximum Gasteiger partial charge on any atom is 0.302 e. The highest BCUT2D eigenvalue weighted by Gasteiger charge is 2.08. The standard InChI is InChI=1S/C12H13ClN2O/c1-3-15-8-9(2)14-12(15)16-11-7-5-4-6-10(11)13/h4-8H,3H2,1-2H3. The maximum atomic E-state index is 6.01. The fourth-order valence-electron chi connectivity index (χ4n) is 1.46. The Balaban J connectivity index is 2.30. The summed E-state index contributed by atoms with van der Waals surface area (Å²) >= 11 is 6.01. The van der Waals surface area contributed by atoms with Crippen molar-refractivity contribution in [3.8, 4) is 11.8 Å². The zero-order chi connectivity index (χ0) is 11.5. The van der Waals surface area contributed by atoms with Crippen molar-refractivity contribution in [2.24, 2.45) is 0 Å². The number of hydrogen-bond donors (Lipinski definition) is 0. The van der Waals surface area contributed by atoms with E-state index in [-0.39, 0.29) is 0 Å². The van der Waals surface area contributed by atoms with E-state index in [2.05, 4.69) is 4.98 Å². The summed E-state index contributed by atoms with van der Waals surface area (Å²) in [6.45, 7) is 4.80. The fourth-order valence-corrected chi connectivity index (χ4v) is 1.63. The number of para-hydroxylation sites is 1. The summed E-state index contributed by atoms with van der Waals surface area (Å²) in [6.07, 6.45) is 1.95. The van der Waals surface area contributed by atoms with Crippen LogP contribution in [0.5, 0.6) is 11.8 Å². The molecule has 84 valence electrons. The number of imidazole rings is 1. The molecule has 0 aliphatic carbocycles. The highest BCUT2D eigenvalue weighted by Crippen LogP contribution is 2.28. The number of aryl methyl sites for hydroxylation is 2. The Morgan fingerprint density at radius 3 is 2.81 bits per heavy atom. The molecule has 0 radical (unpaired) electrons. The minimum atomic E-state index is 0.577. The summed E-state index contributed by atoms with van der Waals surface area (Å²) in [5, 5.41) is 0.589. The van der Waals surface area contributed by atoms with E-state index < -0.39 is 0 Å². The van der Waals surface area contributed by atoms with Gasteiger partial charge in [0.05, 0.1) is 10.7 Å². The zero-order valence-corrected chi connectivity index (χ0v) is 10.0. The van der Waals surface area contributed by atoms with Crippen LogP contribution in [0.1, 0.15) is 12.6 Å². The van der Waals surface area contributed by atoms with E-state index in [4.69, 9.17) is 16.3 Å². The predicted molar refractivity (Wildman–Crippen MR) is 64.2 cm³/mol. The van der Waals surface area contributed by atoms with Crippen molar-refractivity contribution in [1.82, 2.24) is 9.55 Å². The molecule has 16 heavy (non-hydrogen) atoms. The van der Waals surface area contributed by atoms with E-state index in [9.17, 15) is 0 Å². The van der Waals surface area contributed by atoms with Gasteiger partial charge in [-0.1, -0.05) is 23.7 Å². The topological polar surface area (TPSA) is 27.1 Å². The quantitative estimate of drug-likeness (QED) is 0.813. The summed E-state index contributed by atoms with van der Waals surface area (Å²) in [4.78, 5) is 4.30. The number of aromatic nitrogens is 2. The molecule has 0 saturated heterocycles. The molecule has 0 atom stereocenters. The van der Waals surface area contributed by atoms with Crippen molar-refractivity contribution < 1.29 is 4.74 Å². The minimum Gasteiger partial charge on any atom is -0.424 e. The Hall–Kier alpha value is -1.48. The van der Waals surface area contributed by atoms with Gasteiger partial charge in [0.2, 0.25) is 0 Å². The SMILES string of the molecule is CCn1cc(C)nc1Oc1ccccc1Cl. The molecule has 0 spiro atoms. The van der Waals surface area contributed by atoms with Crippen molar-refractivity contribution in [3.05, 3.63) is 41.2 Å². The van der Waals surface area contributed by atoms with Crippen molar-refractivity contribution >= 4 is 11.6 Å². The second kappa shape index (κ2) is 4.58. The number of ether oxygens (including phenoxy) is 1. The van der Waals surface area contributed by atoms with Crippen LogP contribution in [0.4, 0.5) is 0 Å². The van der Waals surface area contributed by atoms with E-state index in [1.807, 2.05) is 42.8 Å². The van der Waals surface area contributed by atoms with Crippen molar-refractivity contribution in [2.75, 3.05) is 0 Å². The molecule has 1 aromatic heterocycles. The highest BCUT2D eigenvalue weighted by molar-refractivity contribution is 6.32. The molecule has 0 unspecified atom stereocenters. The van der Waals surface area contributed by atoms with Crippen LogP contribution in [0.3, 0.4) is 0 Å². The Kier molecular flexibility index (Phi) is 3.15. The third-order valence-corrected chi connectivity index (χ3v) is 2.55. The first kappa shape index (κ1) is 11.0. The van der Waals surface area contributed by atoms with Gasteiger partial charge < -0.3 is 9.30 Å². The molecule has 4 heteroatoms. The Bertz CT molecular complexity index is 494. The maximum absolute atomic E-state index is 6.01. The fraction of sp³-hybridized carbons (Fsp3) is 0.250. The average Bonchev–Trinajstić information content (AvgIpc) is 2.62. The largest absolute Gasteiger partial charge is 0.424 e. The monoisotopic (exact) mass is 236 g/mol. The van der Waals surface area contributed by atoms with Crippen LogP contribution in [0.2, 0.25) is 5.02 Å². The molecule has 0 aliphatic rings. The van der Waals surface area contributed by atoms with Gasteiger partial charge in [0, 0.05) is 12.7 Å². The molecule has 0 saturated carbocycles. The van der Waals surface area contributed by atoms with Crippen LogP contribution in [0, 0.1) is 6.92 Å². The van der Waals surface area contributed by atoms with Crippen molar-refractivity contribution in [2.45, 2.75) is 20.4 Å². The van der Waals surface area contributed by atoms with Crippen LogP contribution in [0.25, 0.3) is 0 Å². The third kappa shape index (κ3) is 2.19. The van der Waals surface area contributed by atoms with Gasteiger partial charge in [0.25, 0.3) is 0 Å². The van der Waals surface area contributed by atoms with E-state index >= 15 is 0 Å². The molecule has 0 fully saturated rings. The third-order valence-electron chi connectivity index (χ3n) is 2.24. The highest BCUT2D eigenvalue weighted by atomic mass is 35.5.